The van der Waals surface area contributed by atoms with Gasteiger partial charge in [0.05, 0.1) is 0 Å². The van der Waals surface area contributed by atoms with E-state index in [1.807, 2.05) is 84.9 Å². The van der Waals surface area contributed by atoms with Crippen molar-refractivity contribution in [3.05, 3.63) is 157 Å². The molecule has 3 aliphatic rings. The van der Waals surface area contributed by atoms with Crippen molar-refractivity contribution in [1.82, 2.24) is 14.4 Å². The van der Waals surface area contributed by atoms with Gasteiger partial charge in [-0.2, -0.15) is 0 Å². The van der Waals surface area contributed by atoms with E-state index in [9.17, 15) is 4.79 Å². The average Bonchev–Trinajstić information content (AvgIpc) is 3.79. The minimum absolute atomic E-state index is 0.0114. The first-order valence-corrected chi connectivity index (χ1v) is 22.4. The Balaban J connectivity index is 0.988. The zero-order chi connectivity index (χ0) is 42.9. The predicted octanol–water partition coefficient (Wildman–Crippen LogP) is 9.49. The molecule has 10 nitrogen and oxygen atoms in total. The van der Waals surface area contributed by atoms with E-state index in [4.69, 9.17) is 0 Å². The van der Waals surface area contributed by atoms with Gasteiger partial charge in [-0.25, -0.2) is 0 Å². The highest BCUT2D eigenvalue weighted by Crippen LogP contribution is 2.38. The first kappa shape index (κ1) is 40.3. The Labute approximate surface area is 368 Å². The molecule has 0 radical (unpaired) electrons. The van der Waals surface area contributed by atoms with Crippen molar-refractivity contribution in [2.45, 2.75) is 63.3 Å². The topological polar surface area (TPSA) is 111 Å². The molecular weight excluding hydrogens is 783 g/mol. The van der Waals surface area contributed by atoms with Crippen LogP contribution >= 0.6 is 0 Å². The summed E-state index contributed by atoms with van der Waals surface area (Å²) in [5.41, 5.74) is 8.68. The van der Waals surface area contributed by atoms with Gasteiger partial charge in [0.25, 0.3) is 0 Å². The number of carbonyl (C=O) groups excluding carboxylic acids is 3. The van der Waals surface area contributed by atoms with Crippen LogP contribution in [0, 0.1) is 0 Å². The molecule has 2 fully saturated rings. The van der Waals surface area contributed by atoms with Crippen molar-refractivity contribution in [3.63, 3.8) is 0 Å². The summed E-state index contributed by atoms with van der Waals surface area (Å²) >= 11 is 0. The molecule has 0 saturated carbocycles. The molecule has 7 aromatic rings. The molecule has 0 bridgehead atoms. The summed E-state index contributed by atoms with van der Waals surface area (Å²) in [6.07, 6.45) is 3.26. The van der Waals surface area contributed by atoms with E-state index >= 15 is 9.59 Å². The number of nitrogens with zero attached hydrogens (tertiary/aromatic N) is 3. The molecule has 4 N–H and O–H groups in total. The Hall–Kier alpha value is -6.75. The Kier molecular flexibility index (Phi) is 11.2. The molecule has 10 heteroatoms. The number of amides is 2. The zero-order valence-electron chi connectivity index (χ0n) is 35.6. The lowest BCUT2D eigenvalue weighted by Gasteiger charge is -2.45. The van der Waals surface area contributed by atoms with Gasteiger partial charge in [-0.3, -0.25) is 24.2 Å². The maximum Gasteiger partial charge on any atom is 0.243 e. The lowest BCUT2D eigenvalue weighted by atomic mass is 9.94. The van der Waals surface area contributed by atoms with Crippen molar-refractivity contribution >= 4 is 62.2 Å². The largest absolute Gasteiger partial charge is 0.382 e. The monoisotopic (exact) mass is 835 g/mol. The molecule has 1 aliphatic carbocycles. The predicted molar refractivity (Wildman–Crippen MR) is 255 cm³/mol. The molecule has 10 rings (SSSR count). The van der Waals surface area contributed by atoms with E-state index in [0.717, 1.165) is 76.5 Å². The van der Waals surface area contributed by atoms with E-state index in [-0.39, 0.29) is 29.7 Å². The van der Waals surface area contributed by atoms with Crippen LogP contribution in [0.25, 0.3) is 32.9 Å². The molecule has 63 heavy (non-hydrogen) atoms. The van der Waals surface area contributed by atoms with Gasteiger partial charge >= 0.3 is 0 Å². The Morgan fingerprint density at radius 3 is 1.57 bits per heavy atom. The van der Waals surface area contributed by atoms with E-state index < -0.39 is 12.1 Å². The zero-order valence-corrected chi connectivity index (χ0v) is 35.6. The quantitative estimate of drug-likeness (QED) is 0.0971. The number of anilines is 4. The van der Waals surface area contributed by atoms with Gasteiger partial charge in [0.15, 0.2) is 5.78 Å². The summed E-state index contributed by atoms with van der Waals surface area (Å²) in [7, 11) is 0. The molecule has 3 heterocycles. The second kappa shape index (κ2) is 17.6. The minimum Gasteiger partial charge on any atom is -0.382 e. The van der Waals surface area contributed by atoms with Crippen molar-refractivity contribution in [2.75, 3.05) is 47.4 Å². The fourth-order valence-electron chi connectivity index (χ4n) is 10.2. The molecule has 0 spiro atoms. The van der Waals surface area contributed by atoms with E-state index in [0.29, 0.717) is 48.7 Å². The second-order valence-corrected chi connectivity index (χ2v) is 17.1. The fourth-order valence-corrected chi connectivity index (χ4v) is 10.2. The number of hydrogen-bond acceptors (Lipinski definition) is 7. The summed E-state index contributed by atoms with van der Waals surface area (Å²) < 4.78 is 2.30. The molecule has 2 amide bonds. The smallest absolute Gasteiger partial charge is 0.243 e. The third-order valence-electron chi connectivity index (χ3n) is 13.3. The maximum atomic E-state index is 15.3. The number of rotatable bonds is 12. The van der Waals surface area contributed by atoms with Crippen molar-refractivity contribution in [1.29, 1.82) is 0 Å². The Morgan fingerprint density at radius 2 is 0.984 bits per heavy atom. The number of benzene rings is 6. The summed E-state index contributed by atoms with van der Waals surface area (Å²) in [6.45, 7) is 5.52. The number of carbonyl (C=O) groups is 3. The molecular formula is C53H53N7O3. The van der Waals surface area contributed by atoms with Gasteiger partial charge in [-0.1, -0.05) is 78.9 Å². The molecule has 2 atom stereocenters. The van der Waals surface area contributed by atoms with Gasteiger partial charge in [0, 0.05) is 100 Å². The Morgan fingerprint density at radius 1 is 0.508 bits per heavy atom. The van der Waals surface area contributed by atoms with Gasteiger partial charge in [-0.15, -0.1) is 0 Å². The molecule has 2 aliphatic heterocycles. The summed E-state index contributed by atoms with van der Waals surface area (Å²) in [6, 6.07) is 47.0. The van der Waals surface area contributed by atoms with Crippen LogP contribution in [0.4, 0.5) is 22.7 Å². The molecule has 2 saturated heterocycles. The normalized spacial score (nSPS) is 16.9. The van der Waals surface area contributed by atoms with Crippen LogP contribution in [0.1, 0.15) is 48.5 Å². The first-order chi connectivity index (χ1) is 30.9. The average molecular weight is 836 g/mol. The number of nitrogens with one attached hydrogen (secondary N) is 4. The number of aromatic nitrogens is 1. The van der Waals surface area contributed by atoms with Crippen LogP contribution in [-0.2, 0) is 16.1 Å². The maximum absolute atomic E-state index is 15.3. The number of fused-ring (bicyclic) bond motifs is 6. The first-order valence-electron chi connectivity index (χ1n) is 22.4. The lowest BCUT2D eigenvalue weighted by molar-refractivity contribution is -0.133. The van der Waals surface area contributed by atoms with E-state index in [1.165, 1.54) is 0 Å². The van der Waals surface area contributed by atoms with Crippen LogP contribution in [0.5, 0.6) is 0 Å². The van der Waals surface area contributed by atoms with Gasteiger partial charge in [0.2, 0.25) is 11.8 Å². The summed E-state index contributed by atoms with van der Waals surface area (Å²) in [5, 5.41) is 16.2. The molecule has 6 aromatic carbocycles. The van der Waals surface area contributed by atoms with Crippen LogP contribution < -0.4 is 21.3 Å². The number of aryl methyl sites for hydroxylation is 1. The van der Waals surface area contributed by atoms with Gasteiger partial charge in [-0.05, 0) is 110 Å². The number of para-hydroxylation sites is 3. The van der Waals surface area contributed by atoms with Crippen molar-refractivity contribution < 1.29 is 14.4 Å². The van der Waals surface area contributed by atoms with Crippen LogP contribution in [-0.4, -0.2) is 82.3 Å². The highest BCUT2D eigenvalue weighted by molar-refractivity contribution is 6.22. The SMILES string of the molecule is CCn1c2ccccc2c2cc(NC(=O)C(C(C(=O)Nc3ccc4c(c3)-c3ccccc3C4=O)N3CCC(Nc4ccccc4)CC3)N3CCC(Nc4ccccc4)CC3)ccc21. The second-order valence-electron chi connectivity index (χ2n) is 17.1. The molecule has 318 valence electrons. The van der Waals surface area contributed by atoms with E-state index in [2.05, 4.69) is 103 Å². The van der Waals surface area contributed by atoms with Crippen LogP contribution in [0.3, 0.4) is 0 Å². The van der Waals surface area contributed by atoms with Crippen molar-refractivity contribution in [3.8, 4) is 11.1 Å². The van der Waals surface area contributed by atoms with Crippen LogP contribution in [0.15, 0.2) is 146 Å². The number of hydrogen-bond donors (Lipinski definition) is 4. The Bertz CT molecular complexity index is 2790. The molecule has 2 unspecified atom stereocenters. The summed E-state index contributed by atoms with van der Waals surface area (Å²) in [4.78, 5) is 48.3. The highest BCUT2D eigenvalue weighted by Gasteiger charge is 2.44. The number of likely N-dealkylation sites (tertiary alicyclic amines) is 2. The van der Waals surface area contributed by atoms with Gasteiger partial charge < -0.3 is 25.8 Å². The van der Waals surface area contributed by atoms with Crippen molar-refractivity contribution in [2.24, 2.45) is 0 Å². The lowest BCUT2D eigenvalue weighted by Crippen LogP contribution is -2.64. The summed E-state index contributed by atoms with van der Waals surface area (Å²) in [5.74, 6) is -0.461. The number of piperidine rings is 2. The fraction of sp³-hybridized carbons (Fsp3) is 0.264. The third-order valence-corrected chi connectivity index (χ3v) is 13.3. The standard InChI is InChI=1S/C53H53N7O3/c1-2-60-47-20-12-11-18-42(47)46-34-40(22-24-48(46)60)57-53(63)50(59-31-27-38(28-32-59)55-36-15-7-4-8-16-36)49(58-29-25-37(26-30-58)54-35-13-5-3-6-14-35)52(62)56-39-21-23-44-45(33-39)41-17-9-10-19-43(41)51(44)61/h3-24,33-34,37-38,49-50,54-55H,2,25-32H2,1H3,(H,56,62)(H,57,63). The van der Waals surface area contributed by atoms with E-state index in [1.54, 1.807) is 0 Å². The number of ketones is 1. The van der Waals surface area contributed by atoms with Gasteiger partial charge in [0.1, 0.15) is 12.1 Å². The van der Waals surface area contributed by atoms with Crippen LogP contribution in [0.2, 0.25) is 0 Å². The highest BCUT2D eigenvalue weighted by atomic mass is 16.2. The molecule has 1 aromatic heterocycles. The minimum atomic E-state index is -0.811. The third kappa shape index (κ3) is 8.08.